The molecule has 7 nitrogen and oxygen atoms in total. The lowest BCUT2D eigenvalue weighted by Crippen LogP contribution is -2.51. The van der Waals surface area contributed by atoms with E-state index in [1.807, 2.05) is 13.8 Å². The van der Waals surface area contributed by atoms with Gasteiger partial charge in [-0.25, -0.2) is 0 Å². The Balaban J connectivity index is 1.78. The van der Waals surface area contributed by atoms with Crippen LogP contribution in [0.3, 0.4) is 0 Å². The lowest BCUT2D eigenvalue weighted by Gasteiger charge is -2.17. The number of hydrogen-bond donors (Lipinski definition) is 3. The van der Waals surface area contributed by atoms with Crippen molar-refractivity contribution in [1.29, 1.82) is 0 Å². The van der Waals surface area contributed by atoms with E-state index in [2.05, 4.69) is 16.2 Å². The van der Waals surface area contributed by atoms with Gasteiger partial charge in [0.1, 0.15) is 11.8 Å². The number of benzene rings is 1. The first-order valence-corrected chi connectivity index (χ1v) is 9.04. The zero-order valence-corrected chi connectivity index (χ0v) is 15.5. The zero-order valence-electron chi connectivity index (χ0n) is 15.5. The predicted molar refractivity (Wildman–Crippen MR) is 97.4 cm³/mol. The molecule has 0 bridgehead atoms. The molecule has 1 aliphatic carbocycles. The standard InChI is InChI=1S/C19H27N3O4/c1-12(2)26-16-10-8-15(9-11-16)19(25)22-21-17(23)13(3)20-18(24)14-6-4-5-7-14/h8-14H,4-7H2,1-3H3,(H,20,24)(H,21,23)(H,22,25)/t13-/m1/s1. The highest BCUT2D eigenvalue weighted by atomic mass is 16.5. The smallest absolute Gasteiger partial charge is 0.269 e. The van der Waals surface area contributed by atoms with E-state index in [0.717, 1.165) is 25.7 Å². The molecule has 0 radical (unpaired) electrons. The van der Waals surface area contributed by atoms with Crippen LogP contribution in [0.1, 0.15) is 56.8 Å². The molecule has 0 unspecified atom stereocenters. The van der Waals surface area contributed by atoms with Crippen molar-refractivity contribution in [1.82, 2.24) is 16.2 Å². The lowest BCUT2D eigenvalue weighted by atomic mass is 10.1. The van der Waals surface area contributed by atoms with Crippen molar-refractivity contribution in [3.8, 4) is 5.75 Å². The molecule has 7 heteroatoms. The number of amides is 3. The summed E-state index contributed by atoms with van der Waals surface area (Å²) < 4.78 is 5.52. The Morgan fingerprint density at radius 2 is 1.62 bits per heavy atom. The largest absolute Gasteiger partial charge is 0.491 e. The molecule has 1 aromatic rings. The Morgan fingerprint density at radius 1 is 1.00 bits per heavy atom. The summed E-state index contributed by atoms with van der Waals surface area (Å²) in [6.07, 6.45) is 3.89. The van der Waals surface area contributed by atoms with Gasteiger partial charge in [0.05, 0.1) is 6.10 Å². The fourth-order valence-corrected chi connectivity index (χ4v) is 2.84. The molecule has 1 atom stereocenters. The molecule has 1 aliphatic rings. The van der Waals surface area contributed by atoms with Crippen LogP contribution in [0.2, 0.25) is 0 Å². The van der Waals surface area contributed by atoms with Crippen LogP contribution in [0.25, 0.3) is 0 Å². The van der Waals surface area contributed by atoms with Gasteiger partial charge in [0, 0.05) is 11.5 Å². The number of hydrazine groups is 1. The SMILES string of the molecule is CC(C)Oc1ccc(C(=O)NNC(=O)[C@@H](C)NC(=O)C2CCCC2)cc1. The molecule has 3 amide bonds. The van der Waals surface area contributed by atoms with Crippen molar-refractivity contribution in [2.45, 2.75) is 58.6 Å². The van der Waals surface area contributed by atoms with Gasteiger partial charge in [-0.1, -0.05) is 12.8 Å². The Hall–Kier alpha value is -2.57. The number of carbonyl (C=O) groups excluding carboxylic acids is 3. The van der Waals surface area contributed by atoms with Crippen molar-refractivity contribution in [2.24, 2.45) is 5.92 Å². The fourth-order valence-electron chi connectivity index (χ4n) is 2.84. The summed E-state index contributed by atoms with van der Waals surface area (Å²) >= 11 is 0. The molecule has 1 saturated carbocycles. The average Bonchev–Trinajstić information content (AvgIpc) is 3.14. The minimum atomic E-state index is -0.717. The van der Waals surface area contributed by atoms with Gasteiger partial charge in [-0.05, 0) is 57.9 Å². The lowest BCUT2D eigenvalue weighted by molar-refractivity contribution is -0.131. The normalized spacial score (nSPS) is 15.4. The monoisotopic (exact) mass is 361 g/mol. The highest BCUT2D eigenvalue weighted by Crippen LogP contribution is 2.24. The molecule has 2 rings (SSSR count). The number of ether oxygens (including phenoxy) is 1. The van der Waals surface area contributed by atoms with Gasteiger partial charge in [0.15, 0.2) is 0 Å². The second-order valence-corrected chi connectivity index (χ2v) is 6.85. The topological polar surface area (TPSA) is 96.5 Å². The van der Waals surface area contributed by atoms with Gasteiger partial charge in [0.25, 0.3) is 11.8 Å². The van der Waals surface area contributed by atoms with Gasteiger partial charge in [-0.15, -0.1) is 0 Å². The van der Waals surface area contributed by atoms with Crippen LogP contribution >= 0.6 is 0 Å². The Bertz CT molecular complexity index is 637. The summed E-state index contributed by atoms with van der Waals surface area (Å²) in [6.45, 7) is 5.43. The van der Waals surface area contributed by atoms with E-state index >= 15 is 0 Å². The fraction of sp³-hybridized carbons (Fsp3) is 0.526. The molecule has 142 valence electrons. The second kappa shape index (κ2) is 9.22. The van der Waals surface area contributed by atoms with Gasteiger partial charge in [-0.2, -0.15) is 0 Å². The summed E-state index contributed by atoms with van der Waals surface area (Å²) in [5.41, 5.74) is 5.08. The molecule has 0 aromatic heterocycles. The maximum atomic E-state index is 12.1. The van der Waals surface area contributed by atoms with E-state index < -0.39 is 17.9 Å². The summed E-state index contributed by atoms with van der Waals surface area (Å²) in [4.78, 5) is 36.2. The highest BCUT2D eigenvalue weighted by molar-refractivity contribution is 5.96. The summed E-state index contributed by atoms with van der Waals surface area (Å²) in [5, 5.41) is 2.69. The van der Waals surface area contributed by atoms with Crippen molar-refractivity contribution >= 4 is 17.7 Å². The van der Waals surface area contributed by atoms with Crippen molar-refractivity contribution in [2.75, 3.05) is 0 Å². The van der Waals surface area contributed by atoms with E-state index in [-0.39, 0.29) is 17.9 Å². The molecule has 0 saturated heterocycles. The minimum absolute atomic E-state index is 0.00795. The van der Waals surface area contributed by atoms with E-state index in [4.69, 9.17) is 4.74 Å². The highest BCUT2D eigenvalue weighted by Gasteiger charge is 2.25. The molecule has 0 heterocycles. The van der Waals surface area contributed by atoms with Crippen LogP contribution < -0.4 is 20.9 Å². The molecule has 3 N–H and O–H groups in total. The Morgan fingerprint density at radius 3 is 2.19 bits per heavy atom. The number of rotatable bonds is 6. The summed E-state index contributed by atoms with van der Waals surface area (Å²) in [6, 6.07) is 5.90. The van der Waals surface area contributed by atoms with Gasteiger partial charge in [0.2, 0.25) is 5.91 Å². The van der Waals surface area contributed by atoms with Crippen molar-refractivity contribution < 1.29 is 19.1 Å². The Kier molecular flexibility index (Phi) is 7.00. The van der Waals surface area contributed by atoms with Crippen LogP contribution in [0.15, 0.2) is 24.3 Å². The number of nitrogens with one attached hydrogen (secondary N) is 3. The van der Waals surface area contributed by atoms with Crippen LogP contribution in [0.5, 0.6) is 5.75 Å². The predicted octanol–water partition coefficient (Wildman–Crippen LogP) is 1.93. The molecule has 1 aromatic carbocycles. The molecular formula is C19H27N3O4. The zero-order chi connectivity index (χ0) is 19.1. The minimum Gasteiger partial charge on any atom is -0.491 e. The Labute approximate surface area is 153 Å². The third-order valence-corrected chi connectivity index (χ3v) is 4.27. The van der Waals surface area contributed by atoms with Gasteiger partial charge >= 0.3 is 0 Å². The van der Waals surface area contributed by atoms with Crippen molar-refractivity contribution in [3.05, 3.63) is 29.8 Å². The second-order valence-electron chi connectivity index (χ2n) is 6.85. The van der Waals surface area contributed by atoms with Crippen molar-refractivity contribution in [3.63, 3.8) is 0 Å². The van der Waals surface area contributed by atoms with E-state index in [0.29, 0.717) is 11.3 Å². The molecule has 1 fully saturated rings. The molecule has 0 aliphatic heterocycles. The van der Waals surface area contributed by atoms with Crippen LogP contribution in [0.4, 0.5) is 0 Å². The van der Waals surface area contributed by atoms with Crippen LogP contribution in [-0.2, 0) is 9.59 Å². The third kappa shape index (κ3) is 5.75. The molecule has 0 spiro atoms. The maximum absolute atomic E-state index is 12.1. The number of carbonyl (C=O) groups is 3. The number of hydrogen-bond acceptors (Lipinski definition) is 4. The van der Waals surface area contributed by atoms with Crippen LogP contribution in [-0.4, -0.2) is 29.9 Å². The summed E-state index contributed by atoms with van der Waals surface area (Å²) in [7, 11) is 0. The average molecular weight is 361 g/mol. The maximum Gasteiger partial charge on any atom is 0.269 e. The molecule has 26 heavy (non-hydrogen) atoms. The molecular weight excluding hydrogens is 334 g/mol. The first-order chi connectivity index (χ1) is 12.4. The van der Waals surface area contributed by atoms with Gasteiger partial charge in [-0.3, -0.25) is 25.2 Å². The van der Waals surface area contributed by atoms with E-state index in [1.165, 1.54) is 0 Å². The first kappa shape index (κ1) is 19.8. The first-order valence-electron chi connectivity index (χ1n) is 9.04. The summed E-state index contributed by atoms with van der Waals surface area (Å²) in [5.74, 6) is -0.347. The van der Waals surface area contributed by atoms with E-state index in [1.54, 1.807) is 31.2 Å². The van der Waals surface area contributed by atoms with Gasteiger partial charge < -0.3 is 10.1 Å². The van der Waals surface area contributed by atoms with E-state index in [9.17, 15) is 14.4 Å². The van der Waals surface area contributed by atoms with Crippen LogP contribution in [0, 0.1) is 5.92 Å². The quantitative estimate of drug-likeness (QED) is 0.675. The third-order valence-electron chi connectivity index (χ3n) is 4.27.